The highest BCUT2D eigenvalue weighted by Crippen LogP contribution is 2.13. The highest BCUT2D eigenvalue weighted by molar-refractivity contribution is 5.63. The molecular weight excluding hydrogens is 298 g/mol. The van der Waals surface area contributed by atoms with Crippen molar-refractivity contribution < 1.29 is 14.4 Å². The summed E-state index contributed by atoms with van der Waals surface area (Å²) in [6, 6.07) is 0. The Morgan fingerprint density at radius 2 is 1.00 bits per heavy atom. The molecule has 0 spiro atoms. The van der Waals surface area contributed by atoms with Crippen molar-refractivity contribution in [1.29, 1.82) is 0 Å². The standard InChI is InChI=1S/C18H40N.C3H6O2/c1-5-9-10-11-12-13-14-15-16-17-18-19(6-2,7-3)8-4;1-2-3(4)5/h5-18H2,1-4H3;2H2,1H3,(H,4,5)/q+1;/p-1. The zero-order valence-electron chi connectivity index (χ0n) is 17.4. The van der Waals surface area contributed by atoms with Gasteiger partial charge in [-0.25, -0.2) is 0 Å². The second-order valence-electron chi connectivity index (χ2n) is 6.92. The second kappa shape index (κ2) is 18.8. The number of hydrogen-bond donors (Lipinski definition) is 0. The molecule has 0 unspecified atom stereocenters. The third-order valence-electron chi connectivity index (χ3n) is 5.29. The predicted molar refractivity (Wildman–Crippen MR) is 104 cm³/mol. The normalized spacial score (nSPS) is 11.0. The van der Waals surface area contributed by atoms with Crippen LogP contribution in [0.3, 0.4) is 0 Å². The maximum Gasteiger partial charge on any atom is 0.0786 e. The molecule has 0 N–H and O–H groups in total. The molecule has 24 heavy (non-hydrogen) atoms. The summed E-state index contributed by atoms with van der Waals surface area (Å²) in [6.07, 6.45) is 14.6. The van der Waals surface area contributed by atoms with E-state index in [-0.39, 0.29) is 6.42 Å². The Labute approximate surface area is 152 Å². The Kier molecular flexibility index (Phi) is 20.1. The zero-order chi connectivity index (χ0) is 18.7. The molecule has 0 saturated carbocycles. The largest absolute Gasteiger partial charge is 0.550 e. The van der Waals surface area contributed by atoms with Crippen molar-refractivity contribution in [3.63, 3.8) is 0 Å². The first-order chi connectivity index (χ1) is 11.5. The molecular formula is C21H45NO2. The monoisotopic (exact) mass is 343 g/mol. The highest BCUT2D eigenvalue weighted by atomic mass is 16.4. The van der Waals surface area contributed by atoms with Crippen LogP contribution in [0, 0.1) is 0 Å². The van der Waals surface area contributed by atoms with Gasteiger partial charge >= 0.3 is 0 Å². The smallest absolute Gasteiger partial charge is 0.0786 e. The second-order valence-corrected chi connectivity index (χ2v) is 6.92. The van der Waals surface area contributed by atoms with E-state index in [0.29, 0.717) is 0 Å². The number of carboxylic acids is 1. The molecule has 0 aromatic rings. The summed E-state index contributed by atoms with van der Waals surface area (Å²) in [5.74, 6) is -0.995. The summed E-state index contributed by atoms with van der Waals surface area (Å²) in [5, 5.41) is 9.26. The van der Waals surface area contributed by atoms with Gasteiger partial charge in [0.1, 0.15) is 0 Å². The van der Waals surface area contributed by atoms with Gasteiger partial charge in [-0.05, 0) is 40.0 Å². The lowest BCUT2D eigenvalue weighted by Crippen LogP contribution is -2.48. The molecule has 3 heteroatoms. The van der Waals surface area contributed by atoms with Crippen LogP contribution in [0.2, 0.25) is 0 Å². The van der Waals surface area contributed by atoms with Gasteiger partial charge in [0.25, 0.3) is 0 Å². The van der Waals surface area contributed by atoms with Crippen LogP contribution in [-0.4, -0.2) is 36.6 Å². The van der Waals surface area contributed by atoms with Gasteiger partial charge in [-0.15, -0.1) is 0 Å². The van der Waals surface area contributed by atoms with Gasteiger partial charge in [0, 0.05) is 5.97 Å². The topological polar surface area (TPSA) is 40.1 Å². The Balaban J connectivity index is 0. The van der Waals surface area contributed by atoms with E-state index in [1.807, 2.05) is 0 Å². The van der Waals surface area contributed by atoms with Crippen molar-refractivity contribution >= 4 is 5.97 Å². The molecule has 0 radical (unpaired) electrons. The van der Waals surface area contributed by atoms with E-state index in [1.165, 1.54) is 102 Å². The quantitative estimate of drug-likeness (QED) is 0.312. The van der Waals surface area contributed by atoms with Crippen LogP contribution in [0.1, 0.15) is 105 Å². The van der Waals surface area contributed by atoms with Crippen molar-refractivity contribution in [1.82, 2.24) is 0 Å². The van der Waals surface area contributed by atoms with Crippen molar-refractivity contribution in [3.8, 4) is 0 Å². The molecule has 0 aromatic carbocycles. The molecule has 0 fully saturated rings. The van der Waals surface area contributed by atoms with Crippen LogP contribution in [0.4, 0.5) is 0 Å². The lowest BCUT2D eigenvalue weighted by Gasteiger charge is -2.35. The van der Waals surface area contributed by atoms with Crippen LogP contribution in [0.5, 0.6) is 0 Å². The summed E-state index contributed by atoms with van der Waals surface area (Å²) in [4.78, 5) is 9.26. The number of rotatable bonds is 15. The maximum atomic E-state index is 9.26. The number of quaternary nitrogens is 1. The average Bonchev–Trinajstić information content (AvgIpc) is 2.61. The van der Waals surface area contributed by atoms with Gasteiger partial charge in [0.15, 0.2) is 0 Å². The third kappa shape index (κ3) is 16.3. The predicted octanol–water partition coefficient (Wildman–Crippen LogP) is 4.93. The lowest BCUT2D eigenvalue weighted by atomic mass is 10.1. The van der Waals surface area contributed by atoms with Crippen LogP contribution in [-0.2, 0) is 4.79 Å². The first-order valence-electron chi connectivity index (χ1n) is 10.6. The number of carboxylic acid groups (broad SMARTS) is 1. The molecule has 0 saturated heterocycles. The Morgan fingerprint density at radius 3 is 1.29 bits per heavy atom. The Morgan fingerprint density at radius 1 is 0.667 bits per heavy atom. The molecule has 0 rings (SSSR count). The van der Waals surface area contributed by atoms with E-state index in [0.717, 1.165) is 0 Å². The van der Waals surface area contributed by atoms with Gasteiger partial charge in [-0.3, -0.25) is 0 Å². The Hall–Kier alpha value is -0.570. The van der Waals surface area contributed by atoms with Crippen molar-refractivity contribution in [3.05, 3.63) is 0 Å². The van der Waals surface area contributed by atoms with Crippen LogP contribution in [0.25, 0.3) is 0 Å². The van der Waals surface area contributed by atoms with Gasteiger partial charge < -0.3 is 14.4 Å². The minimum Gasteiger partial charge on any atom is -0.550 e. The summed E-state index contributed by atoms with van der Waals surface area (Å²) in [7, 11) is 0. The number of hydrogen-bond acceptors (Lipinski definition) is 2. The molecule has 0 aliphatic heterocycles. The minimum atomic E-state index is -0.995. The highest BCUT2D eigenvalue weighted by Gasteiger charge is 2.19. The van der Waals surface area contributed by atoms with E-state index in [1.54, 1.807) is 0 Å². The van der Waals surface area contributed by atoms with E-state index in [4.69, 9.17) is 0 Å². The number of unbranched alkanes of at least 4 members (excludes halogenated alkanes) is 9. The van der Waals surface area contributed by atoms with Crippen molar-refractivity contribution in [2.75, 3.05) is 26.2 Å². The van der Waals surface area contributed by atoms with Gasteiger partial charge in [0.2, 0.25) is 0 Å². The molecule has 3 nitrogen and oxygen atoms in total. The number of carbonyl (C=O) groups is 1. The third-order valence-corrected chi connectivity index (χ3v) is 5.29. The molecule has 0 bridgehead atoms. The van der Waals surface area contributed by atoms with Crippen molar-refractivity contribution in [2.24, 2.45) is 0 Å². The van der Waals surface area contributed by atoms with Crippen LogP contribution < -0.4 is 5.11 Å². The molecule has 0 aliphatic rings. The van der Waals surface area contributed by atoms with Crippen LogP contribution >= 0.6 is 0 Å². The Bertz CT molecular complexity index is 254. The van der Waals surface area contributed by atoms with E-state index < -0.39 is 5.97 Å². The summed E-state index contributed by atoms with van der Waals surface area (Å²) in [5.41, 5.74) is 0. The summed E-state index contributed by atoms with van der Waals surface area (Å²) >= 11 is 0. The molecule has 0 atom stereocenters. The first kappa shape index (κ1) is 25.7. The SMILES string of the molecule is CCC(=O)[O-].CCCCCCCCCCCC[N+](CC)(CC)CC. The van der Waals surface area contributed by atoms with Gasteiger partial charge in [-0.2, -0.15) is 0 Å². The molecule has 0 aromatic heterocycles. The number of aliphatic carboxylic acids is 1. The first-order valence-corrected chi connectivity index (χ1v) is 10.6. The van der Waals surface area contributed by atoms with Gasteiger partial charge in [-0.1, -0.05) is 65.2 Å². The molecule has 146 valence electrons. The number of nitrogens with zero attached hydrogens (tertiary/aromatic N) is 1. The molecule has 0 heterocycles. The fourth-order valence-corrected chi connectivity index (χ4v) is 3.08. The average molecular weight is 344 g/mol. The van der Waals surface area contributed by atoms with Gasteiger partial charge in [0.05, 0.1) is 26.2 Å². The van der Waals surface area contributed by atoms with E-state index in [9.17, 15) is 9.90 Å². The summed E-state index contributed by atoms with van der Waals surface area (Å²) < 4.78 is 1.33. The van der Waals surface area contributed by atoms with E-state index >= 15 is 0 Å². The fourth-order valence-electron chi connectivity index (χ4n) is 3.08. The minimum absolute atomic E-state index is 0.111. The maximum absolute atomic E-state index is 9.26. The molecule has 0 aliphatic carbocycles. The van der Waals surface area contributed by atoms with E-state index in [2.05, 4.69) is 27.7 Å². The summed E-state index contributed by atoms with van der Waals surface area (Å²) in [6.45, 7) is 16.2. The lowest BCUT2D eigenvalue weighted by molar-refractivity contribution is -0.923. The molecule has 0 amide bonds. The fraction of sp³-hybridized carbons (Fsp3) is 0.952. The van der Waals surface area contributed by atoms with Crippen LogP contribution in [0.15, 0.2) is 0 Å². The van der Waals surface area contributed by atoms with Crippen molar-refractivity contribution in [2.45, 2.75) is 105 Å². The number of carbonyl (C=O) groups excluding carboxylic acids is 1. The zero-order valence-corrected chi connectivity index (χ0v) is 17.4.